The summed E-state index contributed by atoms with van der Waals surface area (Å²) in [6.07, 6.45) is 3.04. The summed E-state index contributed by atoms with van der Waals surface area (Å²) in [5, 5.41) is 17.0. The van der Waals surface area contributed by atoms with Crippen LogP contribution in [0, 0.1) is 0 Å². The first-order valence-corrected chi connectivity index (χ1v) is 10.0. The van der Waals surface area contributed by atoms with Gasteiger partial charge in [0.15, 0.2) is 0 Å². The van der Waals surface area contributed by atoms with Gasteiger partial charge in [0.2, 0.25) is 0 Å². The maximum Gasteiger partial charge on any atom is 0.276 e. The molecule has 1 amide bonds. The molecule has 2 aromatic carbocycles. The van der Waals surface area contributed by atoms with Gasteiger partial charge in [0.1, 0.15) is 17.5 Å². The lowest BCUT2D eigenvalue weighted by atomic mass is 9.95. The molecule has 7 heteroatoms. The number of amides is 1. The Hall–Kier alpha value is -3.45. The van der Waals surface area contributed by atoms with Gasteiger partial charge in [0, 0.05) is 11.8 Å². The second kappa shape index (κ2) is 8.92. The summed E-state index contributed by atoms with van der Waals surface area (Å²) in [6.45, 7) is 0. The van der Waals surface area contributed by atoms with Gasteiger partial charge < -0.3 is 15.2 Å². The summed E-state index contributed by atoms with van der Waals surface area (Å²) in [6, 6.07) is 18.6. The van der Waals surface area contributed by atoms with Crippen molar-refractivity contribution >= 4 is 11.6 Å². The average molecular weight is 405 g/mol. The lowest BCUT2D eigenvalue weighted by molar-refractivity contribution is 0.00688. The number of nitrogens with one attached hydrogen (secondary N) is 1. The third-order valence-corrected chi connectivity index (χ3v) is 5.10. The average Bonchev–Trinajstić information content (AvgIpc) is 2.77. The Kier molecular flexibility index (Phi) is 5.90. The molecule has 0 radical (unpaired) electrons. The number of benzene rings is 2. The van der Waals surface area contributed by atoms with E-state index in [9.17, 15) is 14.7 Å². The summed E-state index contributed by atoms with van der Waals surface area (Å²) in [5.74, 6) is 0.228. The molecule has 4 rings (SSSR count). The highest BCUT2D eigenvalue weighted by molar-refractivity contribution is 6.02. The maximum atomic E-state index is 12.6. The molecule has 3 aromatic rings. The first-order valence-electron chi connectivity index (χ1n) is 10.0. The van der Waals surface area contributed by atoms with Gasteiger partial charge in [-0.25, -0.2) is 0 Å². The van der Waals surface area contributed by atoms with Crippen molar-refractivity contribution in [1.29, 1.82) is 0 Å². The van der Waals surface area contributed by atoms with Crippen LogP contribution < -0.4 is 15.6 Å². The number of carbonyl (C=O) groups is 1. The molecule has 1 aliphatic rings. The second-order valence-electron chi connectivity index (χ2n) is 7.29. The molecular weight excluding hydrogens is 382 g/mol. The first-order chi connectivity index (χ1) is 14.6. The molecule has 0 aliphatic heterocycles. The van der Waals surface area contributed by atoms with Crippen LogP contribution in [-0.2, 0) is 0 Å². The Morgan fingerprint density at radius 1 is 1.00 bits per heavy atom. The Morgan fingerprint density at radius 3 is 2.47 bits per heavy atom. The van der Waals surface area contributed by atoms with E-state index in [0.717, 1.165) is 25.7 Å². The van der Waals surface area contributed by atoms with Crippen LogP contribution in [0.5, 0.6) is 5.75 Å². The smallest absolute Gasteiger partial charge is 0.276 e. The number of aliphatic hydroxyl groups excluding tert-OH is 1. The van der Waals surface area contributed by atoms with E-state index in [-0.39, 0.29) is 17.4 Å². The fourth-order valence-corrected chi connectivity index (χ4v) is 3.49. The summed E-state index contributed by atoms with van der Waals surface area (Å²) >= 11 is 0. The topological polar surface area (TPSA) is 93.5 Å². The lowest BCUT2D eigenvalue weighted by Crippen LogP contribution is -2.34. The van der Waals surface area contributed by atoms with Crippen molar-refractivity contribution in [2.24, 2.45) is 0 Å². The van der Waals surface area contributed by atoms with Crippen LogP contribution in [0.4, 0.5) is 5.69 Å². The highest BCUT2D eigenvalue weighted by Crippen LogP contribution is 2.25. The van der Waals surface area contributed by atoms with Crippen LogP contribution >= 0.6 is 0 Å². The van der Waals surface area contributed by atoms with Gasteiger partial charge in [0.25, 0.3) is 11.5 Å². The third-order valence-electron chi connectivity index (χ3n) is 5.10. The lowest BCUT2D eigenvalue weighted by Gasteiger charge is -2.28. The van der Waals surface area contributed by atoms with E-state index in [1.807, 2.05) is 6.07 Å². The third kappa shape index (κ3) is 4.58. The number of aliphatic hydroxyl groups is 1. The number of nitrogens with zero attached hydrogens (tertiary/aromatic N) is 2. The number of aromatic nitrogens is 2. The molecule has 1 aliphatic carbocycles. The molecule has 154 valence electrons. The van der Waals surface area contributed by atoms with E-state index in [1.165, 1.54) is 16.8 Å². The number of ether oxygens (including phenoxy) is 1. The van der Waals surface area contributed by atoms with Crippen molar-refractivity contribution in [1.82, 2.24) is 9.78 Å². The summed E-state index contributed by atoms with van der Waals surface area (Å²) in [4.78, 5) is 24.7. The highest BCUT2D eigenvalue weighted by atomic mass is 16.5. The molecule has 1 heterocycles. The second-order valence-corrected chi connectivity index (χ2v) is 7.29. The molecule has 1 saturated carbocycles. The molecule has 1 fully saturated rings. The van der Waals surface area contributed by atoms with E-state index >= 15 is 0 Å². The molecule has 0 spiro atoms. The van der Waals surface area contributed by atoms with Crippen molar-refractivity contribution in [3.05, 3.63) is 82.8 Å². The molecule has 0 unspecified atom stereocenters. The number of anilines is 1. The molecular formula is C23H23N3O4. The zero-order chi connectivity index (χ0) is 20.9. The molecule has 0 saturated heterocycles. The molecule has 30 heavy (non-hydrogen) atoms. The van der Waals surface area contributed by atoms with Crippen LogP contribution in [0.25, 0.3) is 5.69 Å². The fourth-order valence-electron chi connectivity index (χ4n) is 3.49. The molecule has 1 aromatic heterocycles. The molecule has 2 atom stereocenters. The minimum absolute atomic E-state index is 0.129. The molecule has 0 bridgehead atoms. The quantitative estimate of drug-likeness (QED) is 0.680. The largest absolute Gasteiger partial charge is 0.488 e. The number of hydrogen-bond donors (Lipinski definition) is 2. The maximum absolute atomic E-state index is 12.6. The van der Waals surface area contributed by atoms with Gasteiger partial charge in [-0.1, -0.05) is 24.6 Å². The normalized spacial score (nSPS) is 18.6. The van der Waals surface area contributed by atoms with Crippen LogP contribution in [0.2, 0.25) is 0 Å². The highest BCUT2D eigenvalue weighted by Gasteiger charge is 2.24. The van der Waals surface area contributed by atoms with Gasteiger partial charge in [-0.05, 0) is 61.7 Å². The zero-order valence-electron chi connectivity index (χ0n) is 16.4. The van der Waals surface area contributed by atoms with Gasteiger partial charge in [-0.3, -0.25) is 9.59 Å². The minimum Gasteiger partial charge on any atom is -0.488 e. The van der Waals surface area contributed by atoms with Gasteiger partial charge in [-0.15, -0.1) is 0 Å². The van der Waals surface area contributed by atoms with Gasteiger partial charge in [0.05, 0.1) is 11.8 Å². The Labute approximate surface area is 173 Å². The van der Waals surface area contributed by atoms with E-state index in [2.05, 4.69) is 10.4 Å². The Balaban J connectivity index is 1.44. The standard InChI is InChI=1S/C23H23N3O4/c27-20-8-4-5-9-21(20)30-18-12-10-16(11-13-18)24-23(29)19-14-15-22(28)26(25-19)17-6-2-1-3-7-17/h1-3,6-7,10-15,20-21,27H,4-5,8-9H2,(H,24,29)/t20-,21+/m0/s1. The van der Waals surface area contributed by atoms with Crippen molar-refractivity contribution < 1.29 is 14.6 Å². The van der Waals surface area contributed by atoms with Crippen LogP contribution in [0.3, 0.4) is 0 Å². The van der Waals surface area contributed by atoms with E-state index in [1.54, 1.807) is 48.5 Å². The van der Waals surface area contributed by atoms with Crippen molar-refractivity contribution in [3.63, 3.8) is 0 Å². The summed E-state index contributed by atoms with van der Waals surface area (Å²) in [7, 11) is 0. The molecule has 7 nitrogen and oxygen atoms in total. The van der Waals surface area contributed by atoms with E-state index in [4.69, 9.17) is 4.74 Å². The Bertz CT molecular complexity index is 1060. The molecule has 2 N–H and O–H groups in total. The first kappa shape index (κ1) is 19.8. The van der Waals surface area contributed by atoms with Crippen molar-refractivity contribution in [3.8, 4) is 11.4 Å². The van der Waals surface area contributed by atoms with Gasteiger partial charge >= 0.3 is 0 Å². The van der Waals surface area contributed by atoms with E-state index in [0.29, 0.717) is 17.1 Å². The number of rotatable bonds is 5. The number of carbonyl (C=O) groups excluding carboxylic acids is 1. The summed E-state index contributed by atoms with van der Waals surface area (Å²) < 4.78 is 7.07. The summed E-state index contributed by atoms with van der Waals surface area (Å²) in [5.41, 5.74) is 0.979. The number of hydrogen-bond acceptors (Lipinski definition) is 5. The van der Waals surface area contributed by atoms with E-state index < -0.39 is 12.0 Å². The van der Waals surface area contributed by atoms with Crippen molar-refractivity contribution in [2.75, 3.05) is 5.32 Å². The number of para-hydroxylation sites is 1. The Morgan fingerprint density at radius 2 is 1.73 bits per heavy atom. The zero-order valence-corrected chi connectivity index (χ0v) is 16.4. The van der Waals surface area contributed by atoms with Gasteiger partial charge in [-0.2, -0.15) is 9.78 Å². The van der Waals surface area contributed by atoms with Crippen LogP contribution in [-0.4, -0.2) is 33.0 Å². The van der Waals surface area contributed by atoms with Crippen LogP contribution in [0.15, 0.2) is 71.5 Å². The fraction of sp³-hybridized carbons (Fsp3) is 0.261. The van der Waals surface area contributed by atoms with Crippen molar-refractivity contribution in [2.45, 2.75) is 37.9 Å². The monoisotopic (exact) mass is 405 g/mol. The predicted octanol–water partition coefficient (Wildman–Crippen LogP) is 3.17. The minimum atomic E-state index is -0.440. The SMILES string of the molecule is O=C(Nc1ccc(O[C@@H]2CCCC[C@@H]2O)cc1)c1ccc(=O)n(-c2ccccc2)n1. The predicted molar refractivity (Wildman–Crippen MR) is 113 cm³/mol. The van der Waals surface area contributed by atoms with Crippen LogP contribution in [0.1, 0.15) is 36.2 Å².